The summed E-state index contributed by atoms with van der Waals surface area (Å²) < 4.78 is 0. The molecule has 0 unspecified atom stereocenters. The van der Waals surface area contributed by atoms with Crippen LogP contribution in [0.5, 0.6) is 5.75 Å². The van der Waals surface area contributed by atoms with Crippen LogP contribution >= 0.6 is 0 Å². The first-order chi connectivity index (χ1) is 18.3. The zero-order chi connectivity index (χ0) is 27.4. The van der Waals surface area contributed by atoms with Crippen LogP contribution in [-0.4, -0.2) is 52.8 Å². The molecule has 2 aromatic rings. The number of rotatable bonds is 8. The van der Waals surface area contributed by atoms with Crippen LogP contribution in [0, 0.1) is 11.3 Å². The summed E-state index contributed by atoms with van der Waals surface area (Å²) in [6, 6.07) is 13.9. The van der Waals surface area contributed by atoms with Crippen LogP contribution in [0.15, 0.2) is 53.9 Å². The summed E-state index contributed by atoms with van der Waals surface area (Å²) in [4.78, 5) is 42.8. The Balaban J connectivity index is 1.78. The first kappa shape index (κ1) is 26.7. The summed E-state index contributed by atoms with van der Waals surface area (Å²) in [5.74, 6) is -1.81. The van der Waals surface area contributed by atoms with Crippen molar-refractivity contribution in [1.82, 2.24) is 15.1 Å². The SMILES string of the molecule is CC[C@@H](NC1=C(Nc2cc(C#N)cc(C(=O)N(C)C)c2O)C(=O)N(C2CCCCC2)C1=O)c1ccccc1. The Hall–Kier alpha value is -4.32. The fraction of sp³-hybridized carbons (Fsp3) is 0.379. The van der Waals surface area contributed by atoms with Crippen molar-refractivity contribution < 1.29 is 19.5 Å². The average molecular weight is 516 g/mol. The lowest BCUT2D eigenvalue weighted by atomic mass is 9.94. The van der Waals surface area contributed by atoms with Gasteiger partial charge in [-0.2, -0.15) is 5.26 Å². The molecule has 0 radical (unpaired) electrons. The van der Waals surface area contributed by atoms with E-state index in [4.69, 9.17) is 0 Å². The zero-order valence-corrected chi connectivity index (χ0v) is 22.0. The molecule has 9 heteroatoms. The highest BCUT2D eigenvalue weighted by atomic mass is 16.3. The van der Waals surface area contributed by atoms with Crippen LogP contribution in [0.1, 0.15) is 73.0 Å². The Labute approximate surface area is 222 Å². The fourth-order valence-corrected chi connectivity index (χ4v) is 5.08. The van der Waals surface area contributed by atoms with Crippen LogP contribution in [0.3, 0.4) is 0 Å². The molecule has 1 heterocycles. The van der Waals surface area contributed by atoms with Crippen molar-refractivity contribution in [3.63, 3.8) is 0 Å². The van der Waals surface area contributed by atoms with E-state index in [0.717, 1.165) is 37.7 Å². The van der Waals surface area contributed by atoms with Gasteiger partial charge in [-0.1, -0.05) is 56.5 Å². The van der Waals surface area contributed by atoms with Crippen LogP contribution in [0.25, 0.3) is 0 Å². The number of phenols is 1. The Morgan fingerprint density at radius 1 is 1.11 bits per heavy atom. The van der Waals surface area contributed by atoms with Gasteiger partial charge >= 0.3 is 0 Å². The maximum atomic E-state index is 13.8. The van der Waals surface area contributed by atoms with E-state index in [1.165, 1.54) is 36.0 Å². The number of nitrogens with zero attached hydrogens (tertiary/aromatic N) is 3. The number of aromatic hydroxyl groups is 1. The molecule has 0 saturated heterocycles. The molecular formula is C29H33N5O4. The number of hydrogen-bond donors (Lipinski definition) is 3. The molecule has 1 saturated carbocycles. The Morgan fingerprint density at radius 3 is 2.37 bits per heavy atom. The van der Waals surface area contributed by atoms with Crippen molar-refractivity contribution in [2.75, 3.05) is 19.4 Å². The predicted molar refractivity (Wildman–Crippen MR) is 143 cm³/mol. The number of carbonyl (C=O) groups is 3. The third-order valence-corrected chi connectivity index (χ3v) is 7.12. The van der Waals surface area contributed by atoms with Crippen molar-refractivity contribution in [1.29, 1.82) is 5.26 Å². The number of anilines is 1. The van der Waals surface area contributed by atoms with E-state index in [9.17, 15) is 24.8 Å². The lowest BCUT2D eigenvalue weighted by Crippen LogP contribution is -2.43. The van der Waals surface area contributed by atoms with Crippen molar-refractivity contribution in [2.24, 2.45) is 0 Å². The van der Waals surface area contributed by atoms with Crippen molar-refractivity contribution >= 4 is 23.4 Å². The maximum absolute atomic E-state index is 13.8. The number of phenolic OH excluding ortho intramolecular Hbond substituents is 1. The molecule has 0 aromatic heterocycles. The Bertz CT molecular complexity index is 1310. The topological polar surface area (TPSA) is 126 Å². The molecule has 1 aliphatic heterocycles. The minimum atomic E-state index is -0.497. The molecule has 0 bridgehead atoms. The first-order valence-corrected chi connectivity index (χ1v) is 13.0. The third kappa shape index (κ3) is 5.21. The van der Waals surface area contributed by atoms with Gasteiger partial charge in [-0.25, -0.2) is 0 Å². The van der Waals surface area contributed by atoms with E-state index in [2.05, 4.69) is 10.6 Å². The number of amides is 3. The molecule has 1 atom stereocenters. The largest absolute Gasteiger partial charge is 0.505 e. The monoisotopic (exact) mass is 515 g/mol. The summed E-state index contributed by atoms with van der Waals surface area (Å²) in [6.07, 6.45) is 5.09. The molecule has 1 fully saturated rings. The van der Waals surface area contributed by atoms with Crippen LogP contribution in [0.2, 0.25) is 0 Å². The molecule has 3 N–H and O–H groups in total. The summed E-state index contributed by atoms with van der Waals surface area (Å²) in [5, 5.41) is 26.8. The average Bonchev–Trinajstić information content (AvgIpc) is 3.16. The number of nitrogens with one attached hydrogen (secondary N) is 2. The second-order valence-corrected chi connectivity index (χ2v) is 9.89. The number of hydrogen-bond acceptors (Lipinski definition) is 7. The summed E-state index contributed by atoms with van der Waals surface area (Å²) >= 11 is 0. The Morgan fingerprint density at radius 2 is 1.76 bits per heavy atom. The van der Waals surface area contributed by atoms with Gasteiger partial charge in [-0.15, -0.1) is 0 Å². The molecule has 0 spiro atoms. The van der Waals surface area contributed by atoms with Gasteiger partial charge < -0.3 is 20.6 Å². The number of nitriles is 1. The molecule has 3 amide bonds. The fourth-order valence-electron chi connectivity index (χ4n) is 5.08. The molecule has 1 aliphatic carbocycles. The lowest BCUT2D eigenvalue weighted by Gasteiger charge is -2.30. The van der Waals surface area contributed by atoms with Gasteiger partial charge in [0.1, 0.15) is 11.4 Å². The highest BCUT2D eigenvalue weighted by molar-refractivity contribution is 6.20. The number of carbonyl (C=O) groups excluding carboxylic acids is 3. The molecule has 2 aliphatic rings. The van der Waals surface area contributed by atoms with Gasteiger partial charge in [0.15, 0.2) is 5.75 Å². The first-order valence-electron chi connectivity index (χ1n) is 13.0. The van der Waals surface area contributed by atoms with E-state index in [0.29, 0.717) is 6.42 Å². The van der Waals surface area contributed by atoms with Gasteiger partial charge in [0.05, 0.1) is 28.9 Å². The van der Waals surface area contributed by atoms with Crippen molar-refractivity contribution in [3.8, 4) is 11.8 Å². The summed E-state index contributed by atoms with van der Waals surface area (Å²) in [7, 11) is 3.07. The second kappa shape index (κ2) is 11.4. The quantitative estimate of drug-likeness (QED) is 0.358. The van der Waals surface area contributed by atoms with Gasteiger partial charge in [-0.3, -0.25) is 19.3 Å². The van der Waals surface area contributed by atoms with Crippen LogP contribution < -0.4 is 10.6 Å². The maximum Gasteiger partial charge on any atom is 0.279 e. The van der Waals surface area contributed by atoms with Gasteiger partial charge in [0.25, 0.3) is 17.7 Å². The number of benzene rings is 2. The van der Waals surface area contributed by atoms with E-state index in [1.54, 1.807) is 0 Å². The second-order valence-electron chi connectivity index (χ2n) is 9.89. The summed E-state index contributed by atoms with van der Waals surface area (Å²) in [6.45, 7) is 1.99. The van der Waals surface area contributed by atoms with E-state index < -0.39 is 23.5 Å². The lowest BCUT2D eigenvalue weighted by molar-refractivity contribution is -0.141. The standard InChI is InChI=1S/C29H33N5O4/c1-4-22(19-11-7-5-8-12-19)31-24-25(29(38)34(28(24)37)20-13-9-6-10-14-20)32-23-16-18(17-30)15-21(26(23)35)27(36)33(2)3/h5,7-8,11-12,15-16,20,22,31-32,35H,4,6,9-10,13-14H2,1-3H3/t22-/m1/s1. The van der Waals surface area contributed by atoms with Crippen LogP contribution in [-0.2, 0) is 9.59 Å². The molecule has 2 aromatic carbocycles. The zero-order valence-electron chi connectivity index (χ0n) is 22.0. The normalized spacial score (nSPS) is 16.8. The van der Waals surface area contributed by atoms with Gasteiger partial charge in [-0.05, 0) is 37.0 Å². The molecular weight excluding hydrogens is 482 g/mol. The molecule has 198 valence electrons. The summed E-state index contributed by atoms with van der Waals surface area (Å²) in [5.41, 5.74) is 1.11. The van der Waals surface area contributed by atoms with Gasteiger partial charge in [0, 0.05) is 20.1 Å². The minimum Gasteiger partial charge on any atom is -0.505 e. The predicted octanol–water partition coefficient (Wildman–Crippen LogP) is 4.03. The third-order valence-electron chi connectivity index (χ3n) is 7.12. The number of imide groups is 1. The van der Waals surface area contributed by atoms with E-state index in [-0.39, 0.29) is 40.3 Å². The molecule has 38 heavy (non-hydrogen) atoms. The molecule has 9 nitrogen and oxygen atoms in total. The van der Waals surface area contributed by atoms with Crippen molar-refractivity contribution in [2.45, 2.75) is 57.5 Å². The Kier molecular flexibility index (Phi) is 8.01. The minimum absolute atomic E-state index is 0.00273. The smallest absolute Gasteiger partial charge is 0.279 e. The molecule has 4 rings (SSSR count). The highest BCUT2D eigenvalue weighted by Crippen LogP contribution is 2.35. The van der Waals surface area contributed by atoms with Crippen LogP contribution in [0.4, 0.5) is 5.69 Å². The van der Waals surface area contributed by atoms with Crippen molar-refractivity contribution in [3.05, 3.63) is 70.5 Å². The van der Waals surface area contributed by atoms with Gasteiger partial charge in [0.2, 0.25) is 0 Å². The highest BCUT2D eigenvalue weighted by Gasteiger charge is 2.43. The van der Waals surface area contributed by atoms with E-state index >= 15 is 0 Å². The van der Waals surface area contributed by atoms with E-state index in [1.807, 2.05) is 43.3 Å².